The highest BCUT2D eigenvalue weighted by atomic mass is 32.2. The second-order valence-electron chi connectivity index (χ2n) is 4.73. The van der Waals surface area contributed by atoms with E-state index >= 15 is 0 Å². The number of alkyl halides is 1. The minimum Gasteiger partial charge on any atom is -0.395 e. The fraction of sp³-hybridized carbons (Fsp3) is 1.00. The normalized spacial score (nSPS) is 34.5. The van der Waals surface area contributed by atoms with Crippen molar-refractivity contribution in [2.75, 3.05) is 38.5 Å². The van der Waals surface area contributed by atoms with Gasteiger partial charge in [-0.3, -0.25) is 4.90 Å². The first-order chi connectivity index (χ1) is 8.03. The maximum Gasteiger partial charge on any atom is 0.214 e. The molecule has 0 bridgehead atoms. The van der Waals surface area contributed by atoms with Crippen LogP contribution in [0.5, 0.6) is 0 Å². The summed E-state index contributed by atoms with van der Waals surface area (Å²) >= 11 is 0. The maximum absolute atomic E-state index is 13.2. The van der Waals surface area contributed by atoms with Crippen molar-refractivity contribution in [2.24, 2.45) is 0 Å². The van der Waals surface area contributed by atoms with E-state index in [-0.39, 0.29) is 18.4 Å². The molecule has 2 fully saturated rings. The highest BCUT2D eigenvalue weighted by Crippen LogP contribution is 2.20. The Morgan fingerprint density at radius 3 is 2.71 bits per heavy atom. The lowest BCUT2D eigenvalue weighted by atomic mass is 10.2. The van der Waals surface area contributed by atoms with Crippen molar-refractivity contribution in [3.63, 3.8) is 0 Å². The first-order valence-electron chi connectivity index (χ1n) is 6.00. The van der Waals surface area contributed by atoms with Gasteiger partial charge in [-0.15, -0.1) is 0 Å². The molecular weight excluding hydrogens is 247 g/mol. The molecule has 0 amide bonds. The number of hydrogen-bond acceptors (Lipinski definition) is 4. The fourth-order valence-electron chi connectivity index (χ4n) is 2.57. The van der Waals surface area contributed by atoms with Crippen LogP contribution in [-0.4, -0.2) is 73.5 Å². The SMILES string of the molecule is O=S1(=O)CCCN1CCN1C[C@@H](F)C[C@H]1CO. The largest absolute Gasteiger partial charge is 0.395 e. The van der Waals surface area contributed by atoms with Gasteiger partial charge in [0, 0.05) is 32.2 Å². The molecule has 1 N–H and O–H groups in total. The van der Waals surface area contributed by atoms with Gasteiger partial charge in [0.1, 0.15) is 6.17 Å². The number of rotatable bonds is 4. The van der Waals surface area contributed by atoms with Crippen LogP contribution in [0.3, 0.4) is 0 Å². The average Bonchev–Trinajstić information content (AvgIpc) is 2.78. The van der Waals surface area contributed by atoms with Gasteiger partial charge in [0.25, 0.3) is 0 Å². The Hall–Kier alpha value is -0.240. The first-order valence-corrected chi connectivity index (χ1v) is 7.60. The second kappa shape index (κ2) is 5.17. The molecule has 0 spiro atoms. The fourth-order valence-corrected chi connectivity index (χ4v) is 4.09. The summed E-state index contributed by atoms with van der Waals surface area (Å²) in [4.78, 5) is 1.85. The molecule has 0 aliphatic carbocycles. The molecule has 0 aromatic rings. The zero-order chi connectivity index (χ0) is 12.5. The Labute approximate surface area is 101 Å². The van der Waals surface area contributed by atoms with Gasteiger partial charge in [0.2, 0.25) is 10.0 Å². The van der Waals surface area contributed by atoms with Gasteiger partial charge in [-0.2, -0.15) is 0 Å². The molecule has 2 aliphatic heterocycles. The Kier molecular flexibility index (Phi) is 4.02. The zero-order valence-corrected chi connectivity index (χ0v) is 10.6. The molecule has 0 aromatic carbocycles. The van der Waals surface area contributed by atoms with Crippen LogP contribution >= 0.6 is 0 Å². The lowest BCUT2D eigenvalue weighted by molar-refractivity contribution is 0.153. The van der Waals surface area contributed by atoms with Gasteiger partial charge >= 0.3 is 0 Å². The van der Waals surface area contributed by atoms with Crippen LogP contribution in [-0.2, 0) is 10.0 Å². The lowest BCUT2D eigenvalue weighted by Gasteiger charge is -2.24. The van der Waals surface area contributed by atoms with Gasteiger partial charge < -0.3 is 5.11 Å². The molecule has 0 unspecified atom stereocenters. The molecule has 2 aliphatic rings. The van der Waals surface area contributed by atoms with Crippen LogP contribution in [0.1, 0.15) is 12.8 Å². The summed E-state index contributed by atoms with van der Waals surface area (Å²) in [5.74, 6) is 0.224. The van der Waals surface area contributed by atoms with Crippen molar-refractivity contribution in [1.29, 1.82) is 0 Å². The molecule has 100 valence electrons. The van der Waals surface area contributed by atoms with Gasteiger partial charge in [0.05, 0.1) is 12.4 Å². The summed E-state index contributed by atoms with van der Waals surface area (Å²) in [6, 6.07) is -0.157. The predicted molar refractivity (Wildman–Crippen MR) is 61.9 cm³/mol. The number of aliphatic hydroxyl groups is 1. The van der Waals surface area contributed by atoms with Crippen molar-refractivity contribution in [2.45, 2.75) is 25.1 Å². The number of nitrogens with zero attached hydrogens (tertiary/aromatic N) is 2. The van der Waals surface area contributed by atoms with Crippen molar-refractivity contribution in [3.8, 4) is 0 Å². The molecule has 0 radical (unpaired) electrons. The summed E-state index contributed by atoms with van der Waals surface area (Å²) in [6.45, 7) is 1.72. The van der Waals surface area contributed by atoms with Crippen LogP contribution < -0.4 is 0 Å². The minimum absolute atomic E-state index is 0.0623. The zero-order valence-electron chi connectivity index (χ0n) is 9.76. The molecule has 2 saturated heterocycles. The van der Waals surface area contributed by atoms with E-state index in [4.69, 9.17) is 5.11 Å². The van der Waals surface area contributed by atoms with E-state index < -0.39 is 16.2 Å². The van der Waals surface area contributed by atoms with E-state index in [2.05, 4.69) is 0 Å². The number of aliphatic hydroxyl groups excluding tert-OH is 1. The predicted octanol–water partition coefficient (Wildman–Crippen LogP) is -0.573. The van der Waals surface area contributed by atoms with Crippen LogP contribution in [0.4, 0.5) is 4.39 Å². The molecule has 7 heteroatoms. The molecule has 0 saturated carbocycles. The van der Waals surface area contributed by atoms with E-state index in [1.807, 2.05) is 4.90 Å². The Morgan fingerprint density at radius 1 is 1.35 bits per heavy atom. The number of likely N-dealkylation sites (tertiary alicyclic amines) is 1. The molecule has 2 atom stereocenters. The van der Waals surface area contributed by atoms with Gasteiger partial charge in [0.15, 0.2) is 0 Å². The molecule has 2 rings (SSSR count). The Morgan fingerprint density at radius 2 is 2.12 bits per heavy atom. The minimum atomic E-state index is -3.07. The third-order valence-corrected chi connectivity index (χ3v) is 5.48. The molecule has 17 heavy (non-hydrogen) atoms. The van der Waals surface area contributed by atoms with Gasteiger partial charge in [-0.05, 0) is 12.8 Å². The highest BCUT2D eigenvalue weighted by molar-refractivity contribution is 7.89. The summed E-state index contributed by atoms with van der Waals surface area (Å²) in [6.07, 6.45) is 0.128. The standard InChI is InChI=1S/C10H19FN2O3S/c11-9-6-10(8-14)12(7-9)3-4-13-2-1-5-17(13,15)16/h9-10,14H,1-8H2/t9-,10-/m0/s1. The van der Waals surface area contributed by atoms with E-state index in [0.717, 1.165) is 0 Å². The molecule has 0 aromatic heterocycles. The van der Waals surface area contributed by atoms with Crippen LogP contribution in [0.15, 0.2) is 0 Å². The van der Waals surface area contributed by atoms with Crippen molar-refractivity contribution in [1.82, 2.24) is 9.21 Å². The Balaban J connectivity index is 1.86. The molecular formula is C10H19FN2O3S. The van der Waals surface area contributed by atoms with E-state index in [1.165, 1.54) is 4.31 Å². The third-order valence-electron chi connectivity index (χ3n) is 3.53. The average molecular weight is 266 g/mol. The third kappa shape index (κ3) is 2.96. The van der Waals surface area contributed by atoms with Crippen molar-refractivity contribution < 1.29 is 17.9 Å². The summed E-state index contributed by atoms with van der Waals surface area (Å²) in [5, 5.41) is 9.11. The lowest BCUT2D eigenvalue weighted by Crippen LogP contribution is -2.39. The Bertz CT molecular complexity index is 363. The van der Waals surface area contributed by atoms with Crippen molar-refractivity contribution in [3.05, 3.63) is 0 Å². The van der Waals surface area contributed by atoms with E-state index in [0.29, 0.717) is 39.0 Å². The smallest absolute Gasteiger partial charge is 0.214 e. The van der Waals surface area contributed by atoms with E-state index in [1.54, 1.807) is 0 Å². The first kappa shape index (κ1) is 13.2. The van der Waals surface area contributed by atoms with Gasteiger partial charge in [-0.25, -0.2) is 17.1 Å². The second-order valence-corrected chi connectivity index (χ2v) is 6.82. The van der Waals surface area contributed by atoms with Crippen molar-refractivity contribution >= 4 is 10.0 Å². The van der Waals surface area contributed by atoms with Crippen LogP contribution in [0.2, 0.25) is 0 Å². The summed E-state index contributed by atoms with van der Waals surface area (Å²) in [7, 11) is -3.07. The molecule has 2 heterocycles. The van der Waals surface area contributed by atoms with E-state index in [9.17, 15) is 12.8 Å². The number of sulfonamides is 1. The molecule has 5 nitrogen and oxygen atoms in total. The number of halogens is 1. The van der Waals surface area contributed by atoms with Crippen LogP contribution in [0, 0.1) is 0 Å². The highest BCUT2D eigenvalue weighted by Gasteiger charge is 2.33. The summed E-state index contributed by atoms with van der Waals surface area (Å²) < 4.78 is 37.8. The monoisotopic (exact) mass is 266 g/mol. The maximum atomic E-state index is 13.2. The topological polar surface area (TPSA) is 60.9 Å². The number of hydrogen-bond donors (Lipinski definition) is 1. The van der Waals surface area contributed by atoms with Crippen LogP contribution in [0.25, 0.3) is 0 Å². The van der Waals surface area contributed by atoms with Gasteiger partial charge in [-0.1, -0.05) is 0 Å². The summed E-state index contributed by atoms with van der Waals surface area (Å²) in [5.41, 5.74) is 0. The quantitative estimate of drug-likeness (QED) is 0.740.